The summed E-state index contributed by atoms with van der Waals surface area (Å²) in [7, 11) is 0. The van der Waals surface area contributed by atoms with Crippen LogP contribution in [0.5, 0.6) is 0 Å². The normalized spacial score (nSPS) is 10.6. The number of hydrogen-bond acceptors (Lipinski definition) is 3. The summed E-state index contributed by atoms with van der Waals surface area (Å²) in [5.41, 5.74) is 1.78. The predicted octanol–water partition coefficient (Wildman–Crippen LogP) is 3.39. The van der Waals surface area contributed by atoms with Gasteiger partial charge in [-0.1, -0.05) is 25.5 Å². The van der Waals surface area contributed by atoms with Gasteiger partial charge in [-0.05, 0) is 46.7 Å². The van der Waals surface area contributed by atoms with Crippen LogP contribution < -0.4 is 0 Å². The number of benzene rings is 1. The van der Waals surface area contributed by atoms with Crippen molar-refractivity contribution in [3.05, 3.63) is 50.6 Å². The van der Waals surface area contributed by atoms with E-state index in [-0.39, 0.29) is 5.56 Å². The number of rotatable bonds is 7. The number of aryl methyl sites for hydroxylation is 1. The molecule has 0 saturated carbocycles. The SMILES string of the molecule is CCCCc1nc(I)c(C=O)n1Cc1ccc(C(=O)O)cc1. The van der Waals surface area contributed by atoms with Crippen LogP contribution in [0, 0.1) is 3.70 Å². The molecule has 1 aromatic carbocycles. The molecule has 0 aliphatic rings. The van der Waals surface area contributed by atoms with Crippen LogP contribution in [0.3, 0.4) is 0 Å². The van der Waals surface area contributed by atoms with Gasteiger partial charge in [0.2, 0.25) is 0 Å². The topological polar surface area (TPSA) is 72.2 Å². The lowest BCUT2D eigenvalue weighted by molar-refractivity contribution is 0.0696. The predicted molar refractivity (Wildman–Crippen MR) is 91.4 cm³/mol. The molecule has 1 aromatic heterocycles. The van der Waals surface area contributed by atoms with E-state index >= 15 is 0 Å². The van der Waals surface area contributed by atoms with Crippen LogP contribution in [0.1, 0.15) is 52.0 Å². The molecule has 0 aliphatic carbocycles. The van der Waals surface area contributed by atoms with E-state index in [4.69, 9.17) is 5.11 Å². The van der Waals surface area contributed by atoms with Crippen molar-refractivity contribution >= 4 is 34.8 Å². The van der Waals surface area contributed by atoms with Gasteiger partial charge in [-0.15, -0.1) is 0 Å². The zero-order valence-electron chi connectivity index (χ0n) is 12.3. The fourth-order valence-electron chi connectivity index (χ4n) is 2.23. The molecule has 1 heterocycles. The van der Waals surface area contributed by atoms with Gasteiger partial charge in [-0.3, -0.25) is 4.79 Å². The zero-order valence-corrected chi connectivity index (χ0v) is 14.4. The van der Waals surface area contributed by atoms with Gasteiger partial charge in [-0.2, -0.15) is 0 Å². The fraction of sp³-hybridized carbons (Fsp3) is 0.312. The molecule has 0 aliphatic heterocycles. The molecule has 0 bridgehead atoms. The number of aromatic carboxylic acids is 1. The van der Waals surface area contributed by atoms with Crippen LogP contribution in [-0.2, 0) is 13.0 Å². The Labute approximate surface area is 142 Å². The third-order valence-electron chi connectivity index (χ3n) is 3.45. The standard InChI is InChI=1S/C16H17IN2O3/c1-2-3-4-14-18-15(17)13(10-20)19(14)9-11-5-7-12(8-6-11)16(21)22/h5-8,10H,2-4,9H2,1H3,(H,21,22). The molecule has 22 heavy (non-hydrogen) atoms. The van der Waals surface area contributed by atoms with Crippen molar-refractivity contribution < 1.29 is 14.7 Å². The van der Waals surface area contributed by atoms with E-state index in [0.29, 0.717) is 15.9 Å². The number of imidazole rings is 1. The van der Waals surface area contributed by atoms with Gasteiger partial charge in [-0.25, -0.2) is 9.78 Å². The first-order chi connectivity index (χ1) is 10.6. The van der Waals surface area contributed by atoms with Crippen molar-refractivity contribution in [2.24, 2.45) is 0 Å². The smallest absolute Gasteiger partial charge is 0.335 e. The number of halogens is 1. The van der Waals surface area contributed by atoms with Crippen LogP contribution in [0.4, 0.5) is 0 Å². The van der Waals surface area contributed by atoms with E-state index in [1.54, 1.807) is 24.3 Å². The molecule has 0 radical (unpaired) electrons. The van der Waals surface area contributed by atoms with E-state index in [2.05, 4.69) is 34.5 Å². The Morgan fingerprint density at radius 1 is 1.36 bits per heavy atom. The van der Waals surface area contributed by atoms with Crippen molar-refractivity contribution in [3.8, 4) is 0 Å². The van der Waals surface area contributed by atoms with Gasteiger partial charge in [0.1, 0.15) is 15.2 Å². The molecule has 116 valence electrons. The van der Waals surface area contributed by atoms with Gasteiger partial charge in [0.25, 0.3) is 0 Å². The molecule has 0 unspecified atom stereocenters. The maximum Gasteiger partial charge on any atom is 0.335 e. The Bertz CT molecular complexity index is 677. The average molecular weight is 412 g/mol. The van der Waals surface area contributed by atoms with Crippen molar-refractivity contribution in [3.63, 3.8) is 0 Å². The fourth-order valence-corrected chi connectivity index (χ4v) is 2.93. The van der Waals surface area contributed by atoms with E-state index < -0.39 is 5.97 Å². The minimum atomic E-state index is -0.944. The highest BCUT2D eigenvalue weighted by Crippen LogP contribution is 2.17. The maximum absolute atomic E-state index is 11.3. The number of nitrogens with zero attached hydrogens (tertiary/aromatic N) is 2. The molecule has 6 heteroatoms. The Morgan fingerprint density at radius 2 is 2.05 bits per heavy atom. The summed E-state index contributed by atoms with van der Waals surface area (Å²) in [6.07, 6.45) is 3.74. The summed E-state index contributed by atoms with van der Waals surface area (Å²) in [5.74, 6) is -0.0448. The maximum atomic E-state index is 11.3. The Morgan fingerprint density at radius 3 is 2.59 bits per heavy atom. The number of aldehydes is 1. The summed E-state index contributed by atoms with van der Waals surface area (Å²) in [5, 5.41) is 8.93. The van der Waals surface area contributed by atoms with Gasteiger partial charge in [0.15, 0.2) is 6.29 Å². The van der Waals surface area contributed by atoms with Crippen molar-refractivity contribution in [1.82, 2.24) is 9.55 Å². The van der Waals surface area contributed by atoms with E-state index in [0.717, 1.165) is 36.9 Å². The Hall–Kier alpha value is -1.70. The first-order valence-corrected chi connectivity index (χ1v) is 8.17. The Balaban J connectivity index is 2.30. The van der Waals surface area contributed by atoms with E-state index in [1.807, 2.05) is 4.57 Å². The van der Waals surface area contributed by atoms with Gasteiger partial charge < -0.3 is 9.67 Å². The van der Waals surface area contributed by atoms with Crippen molar-refractivity contribution in [1.29, 1.82) is 0 Å². The summed E-state index contributed by atoms with van der Waals surface area (Å²) < 4.78 is 2.63. The highest BCUT2D eigenvalue weighted by molar-refractivity contribution is 14.1. The zero-order chi connectivity index (χ0) is 16.1. The third-order valence-corrected chi connectivity index (χ3v) is 4.24. The molecule has 2 rings (SSSR count). The lowest BCUT2D eigenvalue weighted by Gasteiger charge is -2.10. The number of carboxylic acids is 1. The quantitative estimate of drug-likeness (QED) is 0.559. The second kappa shape index (κ2) is 7.53. The van der Waals surface area contributed by atoms with Gasteiger partial charge >= 0.3 is 5.97 Å². The summed E-state index contributed by atoms with van der Waals surface area (Å²) in [6.45, 7) is 2.63. The van der Waals surface area contributed by atoms with Crippen LogP contribution in [0.15, 0.2) is 24.3 Å². The summed E-state index contributed by atoms with van der Waals surface area (Å²) in [6, 6.07) is 6.70. The minimum Gasteiger partial charge on any atom is -0.478 e. The number of carbonyl (C=O) groups excluding carboxylic acids is 1. The van der Waals surface area contributed by atoms with Gasteiger partial charge in [0.05, 0.1) is 5.56 Å². The van der Waals surface area contributed by atoms with E-state index in [9.17, 15) is 9.59 Å². The van der Waals surface area contributed by atoms with Crippen LogP contribution >= 0.6 is 22.6 Å². The monoisotopic (exact) mass is 412 g/mol. The number of hydrogen-bond donors (Lipinski definition) is 1. The van der Waals surface area contributed by atoms with Crippen LogP contribution in [0.25, 0.3) is 0 Å². The second-order valence-corrected chi connectivity index (χ2v) is 6.04. The average Bonchev–Trinajstić information content (AvgIpc) is 2.80. The summed E-state index contributed by atoms with van der Waals surface area (Å²) in [4.78, 5) is 26.7. The number of carboxylic acid groups (broad SMARTS) is 1. The van der Waals surface area contributed by atoms with Crippen LogP contribution in [0.2, 0.25) is 0 Å². The number of aromatic nitrogens is 2. The molecular weight excluding hydrogens is 395 g/mol. The lowest BCUT2D eigenvalue weighted by atomic mass is 10.1. The molecule has 0 spiro atoms. The molecule has 2 aromatic rings. The minimum absolute atomic E-state index is 0.255. The van der Waals surface area contributed by atoms with Gasteiger partial charge in [0, 0.05) is 13.0 Å². The molecule has 0 fully saturated rings. The van der Waals surface area contributed by atoms with Crippen molar-refractivity contribution in [2.75, 3.05) is 0 Å². The number of unbranched alkanes of at least 4 members (excludes halogenated alkanes) is 1. The van der Waals surface area contributed by atoms with Crippen molar-refractivity contribution in [2.45, 2.75) is 32.7 Å². The number of carbonyl (C=O) groups is 2. The lowest BCUT2D eigenvalue weighted by Crippen LogP contribution is -2.09. The Kier molecular flexibility index (Phi) is 5.70. The summed E-state index contributed by atoms with van der Waals surface area (Å²) >= 11 is 2.07. The first-order valence-electron chi connectivity index (χ1n) is 7.09. The van der Waals surface area contributed by atoms with Crippen LogP contribution in [-0.4, -0.2) is 26.9 Å². The van der Waals surface area contributed by atoms with E-state index in [1.165, 1.54) is 0 Å². The molecule has 5 nitrogen and oxygen atoms in total. The first kappa shape index (κ1) is 16.7. The highest BCUT2D eigenvalue weighted by atomic mass is 127. The largest absolute Gasteiger partial charge is 0.478 e. The molecule has 0 atom stereocenters. The second-order valence-electron chi connectivity index (χ2n) is 5.01. The molecule has 0 saturated heterocycles. The molecular formula is C16H17IN2O3. The highest BCUT2D eigenvalue weighted by Gasteiger charge is 2.15. The third kappa shape index (κ3) is 3.73. The molecule has 1 N–H and O–H groups in total. The molecule has 0 amide bonds.